The van der Waals surface area contributed by atoms with Crippen molar-refractivity contribution in [3.05, 3.63) is 0 Å². The van der Waals surface area contributed by atoms with E-state index in [0.29, 0.717) is 18.9 Å². The molecule has 6 nitrogen and oxygen atoms in total. The van der Waals surface area contributed by atoms with Crippen molar-refractivity contribution < 1.29 is 14.7 Å². The number of aliphatic carboxylic acids is 1. The van der Waals surface area contributed by atoms with Crippen LogP contribution in [-0.4, -0.2) is 54.7 Å². The van der Waals surface area contributed by atoms with Crippen molar-refractivity contribution >= 4 is 12.0 Å². The first-order chi connectivity index (χ1) is 9.38. The highest BCUT2D eigenvalue weighted by atomic mass is 16.4. The van der Waals surface area contributed by atoms with Gasteiger partial charge in [-0.1, -0.05) is 13.8 Å². The van der Waals surface area contributed by atoms with Gasteiger partial charge in [0.25, 0.3) is 0 Å². The number of nitrogens with zero attached hydrogens (tertiary/aromatic N) is 1. The number of amides is 2. The van der Waals surface area contributed by atoms with Crippen LogP contribution in [0.2, 0.25) is 0 Å². The molecule has 116 valence electrons. The highest BCUT2D eigenvalue weighted by Gasteiger charge is 2.22. The van der Waals surface area contributed by atoms with Crippen LogP contribution in [0, 0.1) is 11.8 Å². The fraction of sp³-hybridized carbons (Fsp3) is 0.857. The van der Waals surface area contributed by atoms with Crippen LogP contribution < -0.4 is 10.6 Å². The average Bonchev–Trinajstić information content (AvgIpc) is 2.36. The number of urea groups is 1. The second-order valence-electron chi connectivity index (χ2n) is 6.12. The van der Waals surface area contributed by atoms with Crippen molar-refractivity contribution in [3.8, 4) is 0 Å². The number of carbonyl (C=O) groups excluding carboxylic acids is 1. The number of carboxylic acids is 1. The molecular formula is C14H27N3O3. The topological polar surface area (TPSA) is 81.7 Å². The van der Waals surface area contributed by atoms with Crippen molar-refractivity contribution in [2.45, 2.75) is 39.2 Å². The van der Waals surface area contributed by atoms with E-state index in [-0.39, 0.29) is 11.9 Å². The maximum atomic E-state index is 11.8. The van der Waals surface area contributed by atoms with Gasteiger partial charge >= 0.3 is 12.0 Å². The average molecular weight is 285 g/mol. The summed E-state index contributed by atoms with van der Waals surface area (Å²) in [6.45, 7) is 6.61. The van der Waals surface area contributed by atoms with Gasteiger partial charge in [0.1, 0.15) is 6.04 Å². The Hall–Kier alpha value is -1.30. The van der Waals surface area contributed by atoms with Crippen molar-refractivity contribution in [2.24, 2.45) is 11.8 Å². The molecular weight excluding hydrogens is 258 g/mol. The molecule has 1 saturated heterocycles. The maximum absolute atomic E-state index is 11.8. The summed E-state index contributed by atoms with van der Waals surface area (Å²) in [5.41, 5.74) is 0. The zero-order valence-electron chi connectivity index (χ0n) is 12.7. The summed E-state index contributed by atoms with van der Waals surface area (Å²) < 4.78 is 0. The number of nitrogens with one attached hydrogen (secondary N) is 2. The highest BCUT2D eigenvalue weighted by molar-refractivity contribution is 5.82. The molecule has 1 atom stereocenters. The molecule has 0 aliphatic carbocycles. The lowest BCUT2D eigenvalue weighted by atomic mass is 9.97. The van der Waals surface area contributed by atoms with E-state index in [4.69, 9.17) is 5.11 Å². The minimum Gasteiger partial charge on any atom is -0.480 e. The monoisotopic (exact) mass is 285 g/mol. The Balaban J connectivity index is 2.29. The Morgan fingerprint density at radius 2 is 1.90 bits per heavy atom. The molecule has 1 rings (SSSR count). The molecule has 20 heavy (non-hydrogen) atoms. The molecule has 2 amide bonds. The first-order valence-electron chi connectivity index (χ1n) is 7.34. The van der Waals surface area contributed by atoms with Gasteiger partial charge in [0.15, 0.2) is 0 Å². The molecule has 1 fully saturated rings. The zero-order chi connectivity index (χ0) is 15.1. The number of rotatable bonds is 6. The minimum absolute atomic E-state index is 0.227. The molecule has 0 spiro atoms. The van der Waals surface area contributed by atoms with Gasteiger partial charge in [-0.2, -0.15) is 0 Å². The summed E-state index contributed by atoms with van der Waals surface area (Å²) in [7, 11) is 2.10. The number of hydrogen-bond donors (Lipinski definition) is 3. The molecule has 3 N–H and O–H groups in total. The molecule has 0 aromatic heterocycles. The number of carboxylic acid groups (broad SMARTS) is 1. The number of piperidine rings is 1. The Morgan fingerprint density at radius 3 is 2.40 bits per heavy atom. The fourth-order valence-corrected chi connectivity index (χ4v) is 2.41. The van der Waals surface area contributed by atoms with Crippen LogP contribution in [0.15, 0.2) is 0 Å². The number of carbonyl (C=O) groups is 2. The van der Waals surface area contributed by atoms with E-state index < -0.39 is 12.0 Å². The van der Waals surface area contributed by atoms with Gasteiger partial charge in [-0.25, -0.2) is 9.59 Å². The maximum Gasteiger partial charge on any atom is 0.326 e. The van der Waals surface area contributed by atoms with E-state index in [9.17, 15) is 9.59 Å². The number of likely N-dealkylation sites (tertiary alicyclic amines) is 1. The quantitative estimate of drug-likeness (QED) is 0.683. The van der Waals surface area contributed by atoms with Crippen LogP contribution in [0.1, 0.15) is 33.1 Å². The first kappa shape index (κ1) is 16.8. The predicted octanol–water partition coefficient (Wildman–Crippen LogP) is 1.13. The van der Waals surface area contributed by atoms with Gasteiger partial charge in [-0.05, 0) is 51.2 Å². The Morgan fingerprint density at radius 1 is 1.30 bits per heavy atom. The molecule has 0 radical (unpaired) electrons. The molecule has 0 aromatic rings. The van der Waals surface area contributed by atoms with Gasteiger partial charge < -0.3 is 20.6 Å². The molecule has 0 bridgehead atoms. The zero-order valence-corrected chi connectivity index (χ0v) is 12.7. The van der Waals surface area contributed by atoms with E-state index >= 15 is 0 Å². The fourth-order valence-electron chi connectivity index (χ4n) is 2.41. The standard InChI is InChI=1S/C14H27N3O3/c1-10(2)8-12(13(18)19)16-14(20)15-9-11-4-6-17(3)7-5-11/h10-12H,4-9H2,1-3H3,(H,18,19)(H2,15,16,20). The van der Waals surface area contributed by atoms with Crippen molar-refractivity contribution in [3.63, 3.8) is 0 Å². The van der Waals surface area contributed by atoms with E-state index in [1.165, 1.54) is 0 Å². The largest absolute Gasteiger partial charge is 0.480 e. The second-order valence-corrected chi connectivity index (χ2v) is 6.12. The SMILES string of the molecule is CC(C)CC(NC(=O)NCC1CCN(C)CC1)C(=O)O. The van der Waals surface area contributed by atoms with E-state index in [0.717, 1.165) is 25.9 Å². The van der Waals surface area contributed by atoms with Gasteiger partial charge in [0.2, 0.25) is 0 Å². The Bertz CT molecular complexity index is 326. The summed E-state index contributed by atoms with van der Waals surface area (Å²) in [5.74, 6) is -0.260. The molecule has 1 unspecified atom stereocenters. The minimum atomic E-state index is -0.979. The highest BCUT2D eigenvalue weighted by Crippen LogP contribution is 2.14. The summed E-state index contributed by atoms with van der Waals surface area (Å²) in [6.07, 6.45) is 2.59. The molecule has 0 aromatic carbocycles. The van der Waals surface area contributed by atoms with Crippen molar-refractivity contribution in [1.82, 2.24) is 15.5 Å². The molecule has 6 heteroatoms. The van der Waals surface area contributed by atoms with Crippen LogP contribution >= 0.6 is 0 Å². The van der Waals surface area contributed by atoms with Gasteiger partial charge in [0, 0.05) is 6.54 Å². The normalized spacial score (nSPS) is 18.8. The van der Waals surface area contributed by atoms with Crippen molar-refractivity contribution in [2.75, 3.05) is 26.7 Å². The Labute approximate surface area is 120 Å². The summed E-state index contributed by atoms with van der Waals surface area (Å²) in [6, 6.07) is -1.19. The first-order valence-corrected chi connectivity index (χ1v) is 7.34. The third-order valence-electron chi connectivity index (χ3n) is 3.70. The van der Waals surface area contributed by atoms with E-state index in [1.807, 2.05) is 13.8 Å². The van der Waals surface area contributed by atoms with Crippen molar-refractivity contribution in [1.29, 1.82) is 0 Å². The van der Waals surface area contributed by atoms with Crippen LogP contribution in [0.3, 0.4) is 0 Å². The van der Waals surface area contributed by atoms with Gasteiger partial charge in [0.05, 0.1) is 0 Å². The third-order valence-corrected chi connectivity index (χ3v) is 3.70. The lowest BCUT2D eigenvalue weighted by Crippen LogP contribution is -2.48. The van der Waals surface area contributed by atoms with E-state index in [1.54, 1.807) is 0 Å². The number of hydrogen-bond acceptors (Lipinski definition) is 3. The predicted molar refractivity (Wildman–Crippen MR) is 77.6 cm³/mol. The summed E-state index contributed by atoms with van der Waals surface area (Å²) in [5, 5.41) is 14.4. The lowest BCUT2D eigenvalue weighted by Gasteiger charge is -2.29. The third kappa shape index (κ3) is 6.23. The van der Waals surface area contributed by atoms with Crippen LogP contribution in [-0.2, 0) is 4.79 Å². The van der Waals surface area contributed by atoms with Crippen LogP contribution in [0.5, 0.6) is 0 Å². The summed E-state index contributed by atoms with van der Waals surface area (Å²) >= 11 is 0. The van der Waals surface area contributed by atoms with Gasteiger partial charge in [-0.3, -0.25) is 0 Å². The second kappa shape index (κ2) is 8.09. The van der Waals surface area contributed by atoms with Gasteiger partial charge in [-0.15, -0.1) is 0 Å². The molecule has 1 aliphatic heterocycles. The van der Waals surface area contributed by atoms with Crippen LogP contribution in [0.25, 0.3) is 0 Å². The molecule has 1 heterocycles. The van der Waals surface area contributed by atoms with Crippen LogP contribution in [0.4, 0.5) is 4.79 Å². The molecule has 0 saturated carbocycles. The Kier molecular flexibility index (Phi) is 6.78. The lowest BCUT2D eigenvalue weighted by molar-refractivity contribution is -0.139. The molecule has 1 aliphatic rings. The smallest absolute Gasteiger partial charge is 0.326 e. The van der Waals surface area contributed by atoms with E-state index in [2.05, 4.69) is 22.6 Å². The summed E-state index contributed by atoms with van der Waals surface area (Å²) in [4.78, 5) is 25.1.